The second kappa shape index (κ2) is 7.52. The van der Waals surface area contributed by atoms with E-state index in [0.29, 0.717) is 17.3 Å². The van der Waals surface area contributed by atoms with Crippen LogP contribution in [0.25, 0.3) is 0 Å². The van der Waals surface area contributed by atoms with E-state index in [1.807, 2.05) is 30.3 Å². The molecule has 0 saturated heterocycles. The molecule has 0 atom stereocenters. The topological polar surface area (TPSA) is 72.2 Å². The molecule has 3 rings (SSSR count). The minimum atomic E-state index is -0.370. The summed E-state index contributed by atoms with van der Waals surface area (Å²) in [5.74, 6) is -0.370. The molecular weight excluding hydrogens is 326 g/mol. The summed E-state index contributed by atoms with van der Waals surface area (Å²) in [7, 11) is 0. The maximum Gasteiger partial charge on any atom is 0.291 e. The Kier molecular flexibility index (Phi) is 4.98. The fourth-order valence-electron chi connectivity index (χ4n) is 2.02. The highest BCUT2D eigenvalue weighted by Crippen LogP contribution is 2.10. The Hall–Kier alpha value is -2.99. The Labute approximate surface area is 143 Å². The van der Waals surface area contributed by atoms with E-state index < -0.39 is 0 Å². The molecule has 120 valence electrons. The lowest BCUT2D eigenvalue weighted by Gasteiger charge is -2.02. The Bertz CT molecular complexity index is 843. The highest BCUT2D eigenvalue weighted by atomic mass is 35.5. The molecule has 0 bridgehead atoms. The molecule has 7 heteroatoms. The lowest BCUT2D eigenvalue weighted by Crippen LogP contribution is -2.18. The Morgan fingerprint density at radius 3 is 2.83 bits per heavy atom. The molecule has 0 aliphatic rings. The molecule has 0 radical (unpaired) electrons. The average molecular weight is 340 g/mol. The van der Waals surface area contributed by atoms with E-state index in [0.717, 1.165) is 11.1 Å². The molecular formula is C17H14ClN5O. The third-order valence-electron chi connectivity index (χ3n) is 3.20. The lowest BCUT2D eigenvalue weighted by atomic mass is 10.2. The second-order valence-corrected chi connectivity index (χ2v) is 5.45. The number of benzene rings is 1. The molecule has 0 fully saturated rings. The summed E-state index contributed by atoms with van der Waals surface area (Å²) in [6.07, 6.45) is 6.59. The van der Waals surface area contributed by atoms with Crippen molar-refractivity contribution in [3.8, 4) is 0 Å². The van der Waals surface area contributed by atoms with Crippen molar-refractivity contribution in [1.82, 2.24) is 20.2 Å². The summed E-state index contributed by atoms with van der Waals surface area (Å²) in [6.45, 7) is 0.559. The Morgan fingerprint density at radius 2 is 2.08 bits per heavy atom. The van der Waals surface area contributed by atoms with Crippen molar-refractivity contribution in [2.75, 3.05) is 0 Å². The monoisotopic (exact) mass is 339 g/mol. The number of halogens is 1. The van der Waals surface area contributed by atoms with Crippen LogP contribution in [-0.4, -0.2) is 26.9 Å². The van der Waals surface area contributed by atoms with Crippen LogP contribution in [0.15, 0.2) is 66.2 Å². The van der Waals surface area contributed by atoms with Crippen molar-refractivity contribution in [3.05, 3.63) is 82.9 Å². The molecule has 1 amide bonds. The van der Waals surface area contributed by atoms with Gasteiger partial charge in [0.2, 0.25) is 0 Å². The first-order valence-electron chi connectivity index (χ1n) is 7.22. The minimum absolute atomic E-state index is 0.298. The predicted octanol–water partition coefficient (Wildman–Crippen LogP) is 2.74. The van der Waals surface area contributed by atoms with Gasteiger partial charge < -0.3 is 0 Å². The number of hydrogen-bond acceptors (Lipinski definition) is 4. The number of aromatic nitrogens is 3. The molecule has 24 heavy (non-hydrogen) atoms. The molecule has 2 heterocycles. The van der Waals surface area contributed by atoms with E-state index in [9.17, 15) is 4.79 Å². The largest absolute Gasteiger partial charge is 0.291 e. The summed E-state index contributed by atoms with van der Waals surface area (Å²) in [5, 5.41) is 8.82. The van der Waals surface area contributed by atoms with Crippen molar-refractivity contribution in [2.45, 2.75) is 6.54 Å². The smallest absolute Gasteiger partial charge is 0.268 e. The minimum Gasteiger partial charge on any atom is -0.268 e. The summed E-state index contributed by atoms with van der Waals surface area (Å²) < 4.78 is 1.68. The van der Waals surface area contributed by atoms with E-state index in [4.69, 9.17) is 11.6 Å². The van der Waals surface area contributed by atoms with Crippen LogP contribution in [0.2, 0.25) is 5.02 Å². The van der Waals surface area contributed by atoms with Gasteiger partial charge in [-0.15, -0.1) is 0 Å². The van der Waals surface area contributed by atoms with E-state index >= 15 is 0 Å². The predicted molar refractivity (Wildman–Crippen MR) is 92.1 cm³/mol. The fourth-order valence-corrected chi connectivity index (χ4v) is 2.15. The molecule has 1 aromatic carbocycles. The highest BCUT2D eigenvalue weighted by Gasteiger charge is 2.08. The fraction of sp³-hybridized carbons (Fsp3) is 0.0588. The summed E-state index contributed by atoms with van der Waals surface area (Å²) in [4.78, 5) is 16.0. The van der Waals surface area contributed by atoms with Crippen LogP contribution in [-0.2, 0) is 6.54 Å². The van der Waals surface area contributed by atoms with Gasteiger partial charge in [-0.25, -0.2) is 5.43 Å². The molecule has 3 aromatic rings. The highest BCUT2D eigenvalue weighted by molar-refractivity contribution is 6.30. The van der Waals surface area contributed by atoms with Gasteiger partial charge in [-0.05, 0) is 29.8 Å². The zero-order valence-electron chi connectivity index (χ0n) is 12.6. The van der Waals surface area contributed by atoms with Gasteiger partial charge in [0.1, 0.15) is 0 Å². The van der Waals surface area contributed by atoms with Crippen molar-refractivity contribution >= 4 is 23.7 Å². The van der Waals surface area contributed by atoms with Crippen LogP contribution in [0.5, 0.6) is 0 Å². The van der Waals surface area contributed by atoms with Crippen molar-refractivity contribution in [2.24, 2.45) is 5.10 Å². The first kappa shape index (κ1) is 15.9. The van der Waals surface area contributed by atoms with Gasteiger partial charge in [-0.1, -0.05) is 29.8 Å². The van der Waals surface area contributed by atoms with Crippen LogP contribution in [0.4, 0.5) is 0 Å². The summed E-state index contributed by atoms with van der Waals surface area (Å²) in [6, 6.07) is 12.8. The van der Waals surface area contributed by atoms with E-state index in [1.165, 1.54) is 6.21 Å². The van der Waals surface area contributed by atoms with Crippen molar-refractivity contribution < 1.29 is 4.79 Å². The van der Waals surface area contributed by atoms with Crippen LogP contribution in [0, 0.1) is 0 Å². The van der Waals surface area contributed by atoms with Gasteiger partial charge >= 0.3 is 0 Å². The zero-order valence-corrected chi connectivity index (χ0v) is 13.4. The Morgan fingerprint density at radius 1 is 1.25 bits per heavy atom. The standard InChI is InChI=1S/C17H14ClN5O/c18-15-5-3-13(4-6-15)12-23-9-7-16(22-23)17(24)21-20-11-14-2-1-8-19-10-14/h1-11H,12H2,(H,21,24)/b20-11+. The number of pyridine rings is 1. The molecule has 1 N–H and O–H groups in total. The second-order valence-electron chi connectivity index (χ2n) is 5.01. The third-order valence-corrected chi connectivity index (χ3v) is 3.45. The van der Waals surface area contributed by atoms with Crippen LogP contribution in [0.1, 0.15) is 21.6 Å². The first-order chi connectivity index (χ1) is 11.7. The van der Waals surface area contributed by atoms with Crippen LogP contribution in [0.3, 0.4) is 0 Å². The molecule has 2 aromatic heterocycles. The number of amides is 1. The van der Waals surface area contributed by atoms with Gasteiger partial charge in [0.25, 0.3) is 5.91 Å². The molecule has 6 nitrogen and oxygen atoms in total. The van der Waals surface area contributed by atoms with Gasteiger partial charge in [0.15, 0.2) is 5.69 Å². The van der Waals surface area contributed by atoms with Crippen LogP contribution >= 0.6 is 11.6 Å². The number of nitrogens with one attached hydrogen (secondary N) is 1. The number of carbonyl (C=O) groups is 1. The van der Waals surface area contributed by atoms with Crippen molar-refractivity contribution in [1.29, 1.82) is 0 Å². The molecule has 0 unspecified atom stereocenters. The van der Waals surface area contributed by atoms with Gasteiger partial charge in [-0.2, -0.15) is 10.2 Å². The first-order valence-corrected chi connectivity index (χ1v) is 7.60. The molecule has 0 aliphatic carbocycles. The third kappa shape index (κ3) is 4.27. The van der Waals surface area contributed by atoms with E-state index in [1.54, 1.807) is 35.4 Å². The average Bonchev–Trinajstić information content (AvgIpc) is 3.06. The van der Waals surface area contributed by atoms with Gasteiger partial charge in [0.05, 0.1) is 12.8 Å². The molecule has 0 spiro atoms. The quantitative estimate of drug-likeness (QED) is 0.574. The SMILES string of the molecule is O=C(N/N=C/c1cccnc1)c1ccn(Cc2ccc(Cl)cc2)n1. The van der Waals surface area contributed by atoms with Gasteiger partial charge in [-0.3, -0.25) is 14.5 Å². The van der Waals surface area contributed by atoms with E-state index in [2.05, 4.69) is 20.6 Å². The number of rotatable bonds is 5. The zero-order chi connectivity index (χ0) is 16.8. The molecule has 0 saturated carbocycles. The number of carbonyl (C=O) groups excluding carboxylic acids is 1. The van der Waals surface area contributed by atoms with E-state index in [-0.39, 0.29) is 5.91 Å². The number of hydrogen-bond donors (Lipinski definition) is 1. The van der Waals surface area contributed by atoms with Crippen LogP contribution < -0.4 is 5.43 Å². The number of nitrogens with zero attached hydrogens (tertiary/aromatic N) is 4. The van der Waals surface area contributed by atoms with Gasteiger partial charge in [0, 0.05) is 29.2 Å². The summed E-state index contributed by atoms with van der Waals surface area (Å²) >= 11 is 5.86. The maximum absolute atomic E-state index is 12.0. The summed E-state index contributed by atoms with van der Waals surface area (Å²) in [5.41, 5.74) is 4.58. The molecule has 0 aliphatic heterocycles. The lowest BCUT2D eigenvalue weighted by molar-refractivity contribution is 0.0949. The maximum atomic E-state index is 12.0. The van der Waals surface area contributed by atoms with Crippen molar-refractivity contribution in [3.63, 3.8) is 0 Å². The number of hydrazone groups is 1. The normalized spacial score (nSPS) is 10.9. The Balaban J connectivity index is 1.59.